The molecule has 5 N–H and O–H groups in total. The number of aliphatic hydroxyl groups is 5. The molecule has 0 aromatic rings. The van der Waals surface area contributed by atoms with E-state index in [-0.39, 0.29) is 32.3 Å². The predicted octanol–water partition coefficient (Wildman–Crippen LogP) is -0.791. The second-order valence-corrected chi connectivity index (χ2v) is 1.26. The van der Waals surface area contributed by atoms with E-state index in [1.54, 1.807) is 6.92 Å². The Morgan fingerprint density at radius 1 is 0.786 bits per heavy atom. The summed E-state index contributed by atoms with van der Waals surface area (Å²) in [4.78, 5) is 0. The van der Waals surface area contributed by atoms with Gasteiger partial charge in [-0.25, -0.2) is 0 Å². The molecule has 0 bridgehead atoms. The van der Waals surface area contributed by atoms with Crippen LogP contribution in [0.2, 0.25) is 0 Å². The molecule has 0 fully saturated rings. The summed E-state index contributed by atoms with van der Waals surface area (Å²) in [6.07, 6.45) is 0.745. The Labute approximate surface area is 107 Å². The summed E-state index contributed by atoms with van der Waals surface area (Å²) >= 11 is 0. The van der Waals surface area contributed by atoms with E-state index in [0.717, 1.165) is 34.9 Å². The Balaban J connectivity index is -0.0000000156. The van der Waals surface area contributed by atoms with Gasteiger partial charge in [0.05, 0.1) is 6.10 Å². The van der Waals surface area contributed by atoms with Crippen LogP contribution in [0.1, 0.15) is 20.3 Å². The van der Waals surface area contributed by atoms with Gasteiger partial charge in [-0.3, -0.25) is 0 Å². The molecule has 0 aliphatic carbocycles. The fourth-order valence-electron chi connectivity index (χ4n) is 0. The molecule has 1 atom stereocenters. The van der Waals surface area contributed by atoms with E-state index in [1.165, 1.54) is 0 Å². The number of rotatable bonds is 1. The van der Waals surface area contributed by atoms with Crippen molar-refractivity contribution in [1.82, 2.24) is 0 Å². The Bertz CT molecular complexity index is 31.7. The second kappa shape index (κ2) is 100. The topological polar surface area (TPSA) is 101 Å². The minimum atomic E-state index is -0.116. The summed E-state index contributed by atoms with van der Waals surface area (Å²) in [5.41, 5.74) is 0. The van der Waals surface area contributed by atoms with Crippen molar-refractivity contribution in [2.24, 2.45) is 0 Å². The third kappa shape index (κ3) is 240. The first-order valence-electron chi connectivity index (χ1n) is 3.74. The van der Waals surface area contributed by atoms with E-state index in [2.05, 4.69) is 0 Å². The zero-order valence-electron chi connectivity index (χ0n) is 10.0. The quantitative estimate of drug-likeness (QED) is 0.436. The van der Waals surface area contributed by atoms with E-state index < -0.39 is 0 Å². The molecule has 0 heterocycles. The van der Waals surface area contributed by atoms with Crippen LogP contribution in [-0.4, -0.2) is 60.1 Å². The van der Waals surface area contributed by atoms with Gasteiger partial charge in [0.1, 0.15) is 0 Å². The molecule has 92 valence electrons. The third-order valence-electron chi connectivity index (χ3n) is 0.591. The summed E-state index contributed by atoms with van der Waals surface area (Å²) < 4.78 is 0. The number of hydrogen-bond donors (Lipinski definition) is 5. The maximum absolute atomic E-state index is 8.36. The van der Waals surface area contributed by atoms with Crippen LogP contribution in [-0.2, 0) is 26.2 Å². The Morgan fingerprint density at radius 2 is 0.857 bits per heavy atom. The van der Waals surface area contributed by atoms with Gasteiger partial charge >= 0.3 is 0 Å². The molecule has 14 heavy (non-hydrogen) atoms. The Hall–Kier alpha value is 0.683. The van der Waals surface area contributed by atoms with E-state index in [4.69, 9.17) is 25.5 Å². The molecule has 0 rings (SSSR count). The molecule has 1 unspecified atom stereocenters. The zero-order valence-corrected chi connectivity index (χ0v) is 12.5. The first-order valence-corrected chi connectivity index (χ1v) is 3.74. The summed E-state index contributed by atoms with van der Waals surface area (Å²) in [5.74, 6) is 0. The second-order valence-electron chi connectivity index (χ2n) is 1.26. The minimum absolute atomic E-state index is 0. The van der Waals surface area contributed by atoms with Gasteiger partial charge in [-0.1, -0.05) is 6.92 Å². The van der Waals surface area contributed by atoms with E-state index in [9.17, 15) is 0 Å². The average molecular weight is 294 g/mol. The standard InChI is InChI=1S/C4H10O.4CH4O.Zr/c1-3-4(2)5;4*1-2;/h4-5H,3H2,1-2H3;4*2H,1H3;. The van der Waals surface area contributed by atoms with Crippen molar-refractivity contribution < 1.29 is 51.7 Å². The van der Waals surface area contributed by atoms with Crippen molar-refractivity contribution in [3.05, 3.63) is 0 Å². The van der Waals surface area contributed by atoms with Crippen LogP contribution in [0.15, 0.2) is 0 Å². The van der Waals surface area contributed by atoms with Gasteiger partial charge < -0.3 is 25.5 Å². The van der Waals surface area contributed by atoms with Crippen LogP contribution < -0.4 is 0 Å². The maximum Gasteiger partial charge on any atom is 0.0509 e. The molecule has 0 amide bonds. The van der Waals surface area contributed by atoms with Crippen LogP contribution in [0.4, 0.5) is 0 Å². The summed E-state index contributed by atoms with van der Waals surface area (Å²) in [6, 6.07) is 0. The Morgan fingerprint density at radius 3 is 0.857 bits per heavy atom. The van der Waals surface area contributed by atoms with Crippen LogP contribution in [0.25, 0.3) is 0 Å². The molecule has 0 aromatic carbocycles. The van der Waals surface area contributed by atoms with Crippen LogP contribution in [0.3, 0.4) is 0 Å². The SMILES string of the molecule is CCC(C)O.CO.CO.CO.CO.[Zr]. The van der Waals surface area contributed by atoms with Gasteiger partial charge in [-0.15, -0.1) is 0 Å². The van der Waals surface area contributed by atoms with Crippen molar-refractivity contribution in [3.8, 4) is 0 Å². The third-order valence-corrected chi connectivity index (χ3v) is 0.591. The average Bonchev–Trinajstić information content (AvgIpc) is 2.29. The molecule has 0 saturated heterocycles. The minimum Gasteiger partial charge on any atom is -0.400 e. The molecule has 0 spiro atoms. The van der Waals surface area contributed by atoms with Gasteiger partial charge in [0.25, 0.3) is 0 Å². The Kier molecular flexibility index (Phi) is 261. The van der Waals surface area contributed by atoms with Crippen molar-refractivity contribution in [2.45, 2.75) is 26.4 Å². The van der Waals surface area contributed by atoms with Gasteiger partial charge in [-0.2, -0.15) is 0 Å². The number of hydrogen-bond acceptors (Lipinski definition) is 5. The first kappa shape index (κ1) is 36.5. The van der Waals surface area contributed by atoms with E-state index in [0.29, 0.717) is 0 Å². The van der Waals surface area contributed by atoms with Crippen LogP contribution in [0, 0.1) is 0 Å². The normalized spacial score (nSPS) is 7.07. The molecule has 6 heteroatoms. The van der Waals surface area contributed by atoms with Crippen molar-refractivity contribution >= 4 is 0 Å². The maximum atomic E-state index is 8.36. The van der Waals surface area contributed by atoms with E-state index >= 15 is 0 Å². The van der Waals surface area contributed by atoms with Gasteiger partial charge in [0.2, 0.25) is 0 Å². The molecular formula is C8H26O5Zr. The fraction of sp³-hybridized carbons (Fsp3) is 1.00. The molecule has 0 radical (unpaired) electrons. The van der Waals surface area contributed by atoms with Crippen molar-refractivity contribution in [2.75, 3.05) is 28.4 Å². The summed E-state index contributed by atoms with van der Waals surface area (Å²) in [5, 5.41) is 36.4. The summed E-state index contributed by atoms with van der Waals surface area (Å²) in [6.45, 7) is 3.73. The monoisotopic (exact) mass is 292 g/mol. The number of aliphatic hydroxyl groups excluding tert-OH is 5. The van der Waals surface area contributed by atoms with Gasteiger partial charge in [-0.05, 0) is 13.3 Å². The predicted molar refractivity (Wildman–Crippen MR) is 54.5 cm³/mol. The molecule has 0 saturated carbocycles. The molecule has 0 aliphatic rings. The largest absolute Gasteiger partial charge is 0.400 e. The molecule has 0 aromatic heterocycles. The van der Waals surface area contributed by atoms with Crippen molar-refractivity contribution in [1.29, 1.82) is 0 Å². The van der Waals surface area contributed by atoms with Crippen molar-refractivity contribution in [3.63, 3.8) is 0 Å². The van der Waals surface area contributed by atoms with Crippen LogP contribution >= 0.6 is 0 Å². The first-order chi connectivity index (χ1) is 6.27. The smallest absolute Gasteiger partial charge is 0.0509 e. The van der Waals surface area contributed by atoms with Gasteiger partial charge in [0, 0.05) is 54.6 Å². The fourth-order valence-corrected chi connectivity index (χ4v) is 0. The molecular weight excluding hydrogens is 267 g/mol. The molecule has 0 aliphatic heterocycles. The van der Waals surface area contributed by atoms with Crippen LogP contribution in [0.5, 0.6) is 0 Å². The summed E-state index contributed by atoms with van der Waals surface area (Å²) in [7, 11) is 4.00. The molecule has 5 nitrogen and oxygen atoms in total. The zero-order chi connectivity index (χ0) is 12.3. The van der Waals surface area contributed by atoms with Gasteiger partial charge in [0.15, 0.2) is 0 Å². The van der Waals surface area contributed by atoms with E-state index in [1.807, 2.05) is 6.92 Å².